The van der Waals surface area contributed by atoms with E-state index in [1.807, 2.05) is 74.9 Å². The minimum absolute atomic E-state index is 0.792. The third kappa shape index (κ3) is 3.53. The molecule has 0 amide bonds. The highest BCUT2D eigenvalue weighted by atomic mass is 15.1. The quantitative estimate of drug-likeness (QED) is 0.386. The summed E-state index contributed by atoms with van der Waals surface area (Å²) >= 11 is 0. The van der Waals surface area contributed by atoms with Crippen LogP contribution in [0, 0.1) is 13.8 Å². The second-order valence-electron chi connectivity index (χ2n) is 8.20. The molecule has 5 heterocycles. The number of benzene rings is 1. The Morgan fingerprint density at radius 1 is 0.765 bits per heavy atom. The molecule has 0 unspecified atom stereocenters. The fourth-order valence-electron chi connectivity index (χ4n) is 3.99. The molecule has 0 bridgehead atoms. The highest BCUT2D eigenvalue weighted by molar-refractivity contribution is 5.79. The van der Waals surface area contributed by atoms with E-state index in [1.165, 1.54) is 0 Å². The zero-order valence-corrected chi connectivity index (χ0v) is 18.8. The largest absolute Gasteiger partial charge is 0.345 e. The summed E-state index contributed by atoms with van der Waals surface area (Å²) in [6.45, 7) is 4.00. The summed E-state index contributed by atoms with van der Waals surface area (Å²) in [5, 5.41) is 0. The zero-order valence-electron chi connectivity index (χ0n) is 18.8. The van der Waals surface area contributed by atoms with Gasteiger partial charge >= 0.3 is 0 Å². The maximum absolute atomic E-state index is 4.97. The third-order valence-corrected chi connectivity index (χ3v) is 5.80. The topological polar surface area (TPSA) is 85.2 Å². The van der Waals surface area contributed by atoms with Crippen molar-refractivity contribution in [3.8, 4) is 39.7 Å². The van der Waals surface area contributed by atoms with Crippen molar-refractivity contribution in [3.63, 3.8) is 0 Å². The molecule has 34 heavy (non-hydrogen) atoms. The van der Waals surface area contributed by atoms with Crippen LogP contribution in [-0.4, -0.2) is 34.5 Å². The Kier molecular flexibility index (Phi) is 4.73. The summed E-state index contributed by atoms with van der Waals surface area (Å²) < 4.78 is 2.06. The van der Waals surface area contributed by atoms with Crippen molar-refractivity contribution in [2.45, 2.75) is 13.8 Å². The van der Waals surface area contributed by atoms with E-state index in [4.69, 9.17) is 9.97 Å². The highest BCUT2D eigenvalue weighted by Gasteiger charge is 2.15. The standard InChI is InChI=1S/C27H21N7/c1-17-13-30-26-25(17)32-23(15-31-26)19-6-5-7-20(12-19)27-33-24(22-8-3-4-11-28-22)16-34(27)21-10-9-18(2)29-14-21/h3-16H,1-2H3,(H,30,31). The summed E-state index contributed by atoms with van der Waals surface area (Å²) in [6, 6.07) is 18.1. The Bertz CT molecular complexity index is 1610. The van der Waals surface area contributed by atoms with Crippen LogP contribution in [0.3, 0.4) is 0 Å². The van der Waals surface area contributed by atoms with Crippen LogP contribution in [0.4, 0.5) is 0 Å². The predicted octanol–water partition coefficient (Wildman–Crippen LogP) is 5.55. The Hall–Kier alpha value is -4.65. The monoisotopic (exact) mass is 443 g/mol. The van der Waals surface area contributed by atoms with Crippen LogP contribution in [0.1, 0.15) is 11.3 Å². The van der Waals surface area contributed by atoms with Crippen LogP contribution in [0.15, 0.2) is 85.6 Å². The summed E-state index contributed by atoms with van der Waals surface area (Å²) in [6.07, 6.45) is 9.37. The SMILES string of the molecule is Cc1ccc(-n2cc(-c3ccccn3)nc2-c2cccc(-c3cnc4[nH]cc(C)c4n3)c2)cn1. The van der Waals surface area contributed by atoms with Gasteiger partial charge < -0.3 is 4.98 Å². The molecule has 5 aromatic heterocycles. The normalized spacial score (nSPS) is 11.2. The molecule has 0 radical (unpaired) electrons. The summed E-state index contributed by atoms with van der Waals surface area (Å²) in [4.78, 5) is 26.5. The molecule has 7 nitrogen and oxygen atoms in total. The van der Waals surface area contributed by atoms with E-state index in [2.05, 4.69) is 36.6 Å². The second kappa shape index (κ2) is 8.04. The minimum atomic E-state index is 0.792. The number of aromatic nitrogens is 7. The number of aromatic amines is 1. The van der Waals surface area contributed by atoms with Crippen molar-refractivity contribution in [2.24, 2.45) is 0 Å². The molecule has 164 valence electrons. The first-order chi connectivity index (χ1) is 16.7. The molecule has 7 heteroatoms. The Morgan fingerprint density at radius 3 is 2.50 bits per heavy atom. The number of nitrogens with zero attached hydrogens (tertiary/aromatic N) is 6. The lowest BCUT2D eigenvalue weighted by molar-refractivity contribution is 1.04. The van der Waals surface area contributed by atoms with Crippen LogP contribution < -0.4 is 0 Å². The fourth-order valence-corrected chi connectivity index (χ4v) is 3.99. The minimum Gasteiger partial charge on any atom is -0.345 e. The van der Waals surface area contributed by atoms with E-state index < -0.39 is 0 Å². The van der Waals surface area contributed by atoms with E-state index >= 15 is 0 Å². The Balaban J connectivity index is 1.50. The lowest BCUT2D eigenvalue weighted by atomic mass is 10.1. The maximum Gasteiger partial charge on any atom is 0.156 e. The van der Waals surface area contributed by atoms with Crippen molar-refractivity contribution in [3.05, 3.63) is 96.8 Å². The van der Waals surface area contributed by atoms with E-state index in [0.717, 1.165) is 62.1 Å². The first kappa shape index (κ1) is 20.0. The molecule has 0 aliphatic carbocycles. The average molecular weight is 444 g/mol. The van der Waals surface area contributed by atoms with Gasteiger partial charge in [0.1, 0.15) is 17.0 Å². The molecule has 6 rings (SSSR count). The van der Waals surface area contributed by atoms with Gasteiger partial charge in [0.15, 0.2) is 5.65 Å². The number of hydrogen-bond donors (Lipinski definition) is 1. The number of aryl methyl sites for hydroxylation is 2. The van der Waals surface area contributed by atoms with E-state index in [1.54, 1.807) is 12.4 Å². The molecule has 1 aromatic carbocycles. The number of rotatable bonds is 4. The van der Waals surface area contributed by atoms with Gasteiger partial charge in [-0.25, -0.2) is 15.0 Å². The first-order valence-corrected chi connectivity index (χ1v) is 11.0. The zero-order chi connectivity index (χ0) is 23.1. The van der Waals surface area contributed by atoms with Gasteiger partial charge in [-0.05, 0) is 49.7 Å². The Labute approximate surface area is 196 Å². The molecule has 0 atom stereocenters. The van der Waals surface area contributed by atoms with Crippen molar-refractivity contribution < 1.29 is 0 Å². The van der Waals surface area contributed by atoms with Crippen molar-refractivity contribution in [1.82, 2.24) is 34.5 Å². The van der Waals surface area contributed by atoms with Crippen LogP contribution >= 0.6 is 0 Å². The van der Waals surface area contributed by atoms with Crippen LogP contribution in [0.25, 0.3) is 50.9 Å². The third-order valence-electron chi connectivity index (χ3n) is 5.80. The maximum atomic E-state index is 4.97. The van der Waals surface area contributed by atoms with Crippen molar-refractivity contribution in [1.29, 1.82) is 0 Å². The molecule has 6 aromatic rings. The van der Waals surface area contributed by atoms with Crippen LogP contribution in [0.2, 0.25) is 0 Å². The molecule has 0 fully saturated rings. The average Bonchev–Trinajstić information content (AvgIpc) is 3.49. The molecule has 0 aliphatic rings. The van der Waals surface area contributed by atoms with E-state index in [0.29, 0.717) is 0 Å². The summed E-state index contributed by atoms with van der Waals surface area (Å²) in [5.41, 5.74) is 9.02. The highest BCUT2D eigenvalue weighted by Crippen LogP contribution is 2.30. The van der Waals surface area contributed by atoms with Gasteiger partial charge in [0, 0.05) is 35.4 Å². The predicted molar refractivity (Wildman–Crippen MR) is 132 cm³/mol. The van der Waals surface area contributed by atoms with Gasteiger partial charge in [0.2, 0.25) is 0 Å². The lowest BCUT2D eigenvalue weighted by Gasteiger charge is -2.09. The number of imidazole rings is 1. The van der Waals surface area contributed by atoms with Crippen molar-refractivity contribution in [2.75, 3.05) is 0 Å². The summed E-state index contributed by atoms with van der Waals surface area (Å²) in [7, 11) is 0. The smallest absolute Gasteiger partial charge is 0.156 e. The van der Waals surface area contributed by atoms with E-state index in [9.17, 15) is 0 Å². The molecule has 0 spiro atoms. The number of hydrogen-bond acceptors (Lipinski definition) is 5. The number of pyridine rings is 2. The molecular formula is C27H21N7. The Morgan fingerprint density at radius 2 is 1.68 bits per heavy atom. The van der Waals surface area contributed by atoms with E-state index in [-0.39, 0.29) is 0 Å². The molecule has 0 aliphatic heterocycles. The van der Waals surface area contributed by atoms with Gasteiger partial charge in [-0.2, -0.15) is 0 Å². The van der Waals surface area contributed by atoms with Crippen molar-refractivity contribution >= 4 is 11.2 Å². The molecule has 0 saturated carbocycles. The first-order valence-electron chi connectivity index (χ1n) is 11.0. The number of fused-ring (bicyclic) bond motifs is 1. The van der Waals surface area contributed by atoms with Gasteiger partial charge in [0.05, 0.1) is 29.5 Å². The second-order valence-corrected chi connectivity index (χ2v) is 8.20. The lowest BCUT2D eigenvalue weighted by Crippen LogP contribution is -1.98. The van der Waals surface area contributed by atoms with Crippen LogP contribution in [-0.2, 0) is 0 Å². The summed E-state index contributed by atoms with van der Waals surface area (Å²) in [5.74, 6) is 0.806. The van der Waals surface area contributed by atoms with Gasteiger partial charge in [0.25, 0.3) is 0 Å². The molecular weight excluding hydrogens is 422 g/mol. The van der Waals surface area contributed by atoms with Gasteiger partial charge in [-0.3, -0.25) is 14.5 Å². The van der Waals surface area contributed by atoms with Gasteiger partial charge in [-0.1, -0.05) is 24.3 Å². The van der Waals surface area contributed by atoms with Gasteiger partial charge in [-0.15, -0.1) is 0 Å². The number of nitrogens with one attached hydrogen (secondary N) is 1. The molecule has 0 saturated heterocycles. The number of H-pyrrole nitrogens is 1. The fraction of sp³-hybridized carbons (Fsp3) is 0.0741. The molecule has 1 N–H and O–H groups in total. The van der Waals surface area contributed by atoms with Crippen LogP contribution in [0.5, 0.6) is 0 Å².